The van der Waals surface area contributed by atoms with Crippen molar-refractivity contribution in [2.45, 2.75) is 6.92 Å². The molecule has 0 amide bonds. The van der Waals surface area contributed by atoms with Crippen molar-refractivity contribution in [1.82, 2.24) is 9.72 Å². The van der Waals surface area contributed by atoms with Crippen LogP contribution in [-0.4, -0.2) is 26.7 Å². The summed E-state index contributed by atoms with van der Waals surface area (Å²) >= 11 is 0. The highest BCUT2D eigenvalue weighted by Gasteiger charge is 2.24. The number of hydrogen-bond donors (Lipinski definition) is 1. The van der Waals surface area contributed by atoms with E-state index in [9.17, 15) is 19.1 Å². The fourth-order valence-electron chi connectivity index (χ4n) is 3.02. The lowest BCUT2D eigenvalue weighted by atomic mass is 10.1. The van der Waals surface area contributed by atoms with Gasteiger partial charge in [0, 0.05) is 17.1 Å². The Balaban J connectivity index is 1.87. The van der Waals surface area contributed by atoms with Gasteiger partial charge in [-0.2, -0.15) is 0 Å². The first-order valence-electron chi connectivity index (χ1n) is 8.07. The van der Waals surface area contributed by atoms with Crippen LogP contribution < -0.4 is 0 Å². The fourth-order valence-corrected chi connectivity index (χ4v) is 3.02. The summed E-state index contributed by atoms with van der Waals surface area (Å²) in [5, 5.41) is 13.8. The predicted molar refractivity (Wildman–Crippen MR) is 95.3 cm³/mol. The number of benzene rings is 2. The van der Waals surface area contributed by atoms with Gasteiger partial charge in [-0.05, 0) is 37.3 Å². The fraction of sp³-hybridized carbons (Fsp3) is 0.0500. The molecule has 0 atom stereocenters. The molecule has 0 unspecified atom stereocenters. The smallest absolute Gasteiger partial charge is 0.335 e. The molecular formula is C20H13FN2O4. The van der Waals surface area contributed by atoms with E-state index in [1.54, 1.807) is 31.3 Å². The van der Waals surface area contributed by atoms with Crippen LogP contribution in [0.3, 0.4) is 0 Å². The Morgan fingerprint density at radius 1 is 1.15 bits per heavy atom. The van der Waals surface area contributed by atoms with Crippen molar-refractivity contribution < 1.29 is 23.6 Å². The average molecular weight is 364 g/mol. The summed E-state index contributed by atoms with van der Waals surface area (Å²) in [7, 11) is 0. The average Bonchev–Trinajstić information content (AvgIpc) is 3.24. The van der Waals surface area contributed by atoms with Gasteiger partial charge in [-0.15, -0.1) is 0 Å². The Morgan fingerprint density at radius 2 is 1.96 bits per heavy atom. The molecule has 0 aliphatic carbocycles. The first kappa shape index (κ1) is 16.7. The molecule has 7 heteroatoms. The summed E-state index contributed by atoms with van der Waals surface area (Å²) in [6.07, 6.45) is 1.56. The van der Waals surface area contributed by atoms with Crippen molar-refractivity contribution in [1.29, 1.82) is 0 Å². The standard InChI is InChI=1S/C20H13FN2O4/c1-11-17(18(22-27-11)13-3-2-4-15(21)9-13)19(24)23-8-7-12-5-6-14(20(25)26)10-16(12)23/h2-10H,1H3,(H,25,26). The molecule has 0 fully saturated rings. The van der Waals surface area contributed by atoms with Crippen molar-refractivity contribution in [2.24, 2.45) is 0 Å². The van der Waals surface area contributed by atoms with Gasteiger partial charge in [0.15, 0.2) is 0 Å². The lowest BCUT2D eigenvalue weighted by molar-refractivity contribution is 0.0696. The van der Waals surface area contributed by atoms with E-state index in [1.807, 2.05) is 0 Å². The van der Waals surface area contributed by atoms with Gasteiger partial charge in [0.25, 0.3) is 5.91 Å². The minimum Gasteiger partial charge on any atom is -0.478 e. The van der Waals surface area contributed by atoms with Gasteiger partial charge in [0.2, 0.25) is 0 Å². The maximum atomic E-state index is 13.6. The number of nitrogens with zero attached hydrogens (tertiary/aromatic N) is 2. The van der Waals surface area contributed by atoms with Crippen LogP contribution in [0.1, 0.15) is 26.5 Å². The van der Waals surface area contributed by atoms with Gasteiger partial charge in [-0.1, -0.05) is 23.4 Å². The molecule has 6 nitrogen and oxygen atoms in total. The summed E-state index contributed by atoms with van der Waals surface area (Å²) in [4.78, 5) is 24.4. The van der Waals surface area contributed by atoms with Crippen LogP contribution in [-0.2, 0) is 0 Å². The van der Waals surface area contributed by atoms with Crippen LogP contribution in [0.15, 0.2) is 59.3 Å². The molecule has 0 aliphatic rings. The summed E-state index contributed by atoms with van der Waals surface area (Å²) in [5.74, 6) is -1.69. The second-order valence-electron chi connectivity index (χ2n) is 6.04. The van der Waals surface area contributed by atoms with Crippen LogP contribution in [0, 0.1) is 12.7 Å². The highest BCUT2D eigenvalue weighted by atomic mass is 19.1. The van der Waals surface area contributed by atoms with Crippen molar-refractivity contribution >= 4 is 22.8 Å². The lowest BCUT2D eigenvalue weighted by Crippen LogP contribution is -2.12. The van der Waals surface area contributed by atoms with Crippen molar-refractivity contribution in [3.63, 3.8) is 0 Å². The number of rotatable bonds is 3. The molecule has 0 aliphatic heterocycles. The molecule has 134 valence electrons. The van der Waals surface area contributed by atoms with Gasteiger partial charge < -0.3 is 9.63 Å². The van der Waals surface area contributed by atoms with Gasteiger partial charge in [-0.3, -0.25) is 9.36 Å². The predicted octanol–water partition coefficient (Wildman–Crippen LogP) is 4.13. The molecule has 2 heterocycles. The molecule has 4 aromatic rings. The van der Waals surface area contributed by atoms with Crippen LogP contribution in [0.5, 0.6) is 0 Å². The Labute approximate surface area is 152 Å². The number of aromatic carboxylic acids is 1. The Hall–Kier alpha value is -3.74. The topological polar surface area (TPSA) is 85.3 Å². The zero-order valence-electron chi connectivity index (χ0n) is 14.1. The molecule has 2 aromatic heterocycles. The third-order valence-corrected chi connectivity index (χ3v) is 4.33. The van der Waals surface area contributed by atoms with E-state index >= 15 is 0 Å². The number of carboxylic acid groups (broad SMARTS) is 1. The van der Waals surface area contributed by atoms with Gasteiger partial charge in [0.05, 0.1) is 11.1 Å². The molecule has 2 aromatic carbocycles. The number of hydrogen-bond acceptors (Lipinski definition) is 4. The third kappa shape index (κ3) is 2.79. The highest BCUT2D eigenvalue weighted by molar-refractivity contribution is 6.07. The van der Waals surface area contributed by atoms with Gasteiger partial charge >= 0.3 is 5.97 Å². The van der Waals surface area contributed by atoms with Crippen LogP contribution in [0.2, 0.25) is 0 Å². The summed E-state index contributed by atoms with van der Waals surface area (Å²) in [5.41, 5.74) is 1.36. The normalized spacial score (nSPS) is 11.0. The summed E-state index contributed by atoms with van der Waals surface area (Å²) in [6, 6.07) is 12.0. The molecule has 0 saturated carbocycles. The van der Waals surface area contributed by atoms with E-state index in [4.69, 9.17) is 4.52 Å². The zero-order valence-corrected chi connectivity index (χ0v) is 14.1. The number of carbonyl (C=O) groups is 2. The van der Waals surface area contributed by atoms with E-state index in [0.717, 1.165) is 5.39 Å². The first-order valence-corrected chi connectivity index (χ1v) is 8.07. The van der Waals surface area contributed by atoms with E-state index in [-0.39, 0.29) is 22.6 Å². The molecule has 4 rings (SSSR count). The number of carboxylic acids is 1. The monoisotopic (exact) mass is 364 g/mol. The molecule has 0 spiro atoms. The first-order chi connectivity index (χ1) is 13.0. The SMILES string of the molecule is Cc1onc(-c2cccc(F)c2)c1C(=O)n1ccc2ccc(C(=O)O)cc21. The minimum atomic E-state index is -1.08. The zero-order chi connectivity index (χ0) is 19.1. The van der Waals surface area contributed by atoms with Crippen LogP contribution >= 0.6 is 0 Å². The highest BCUT2D eigenvalue weighted by Crippen LogP contribution is 2.28. The van der Waals surface area contributed by atoms with Gasteiger partial charge in [0.1, 0.15) is 22.8 Å². The lowest BCUT2D eigenvalue weighted by Gasteiger charge is -2.06. The molecule has 27 heavy (non-hydrogen) atoms. The maximum absolute atomic E-state index is 13.6. The second kappa shape index (κ2) is 6.21. The molecule has 0 bridgehead atoms. The number of fused-ring (bicyclic) bond motifs is 1. The van der Waals surface area contributed by atoms with Crippen LogP contribution in [0.4, 0.5) is 4.39 Å². The van der Waals surface area contributed by atoms with E-state index < -0.39 is 17.7 Å². The third-order valence-electron chi connectivity index (χ3n) is 4.33. The maximum Gasteiger partial charge on any atom is 0.335 e. The van der Waals surface area contributed by atoms with E-state index in [0.29, 0.717) is 11.1 Å². The number of halogens is 1. The Bertz CT molecular complexity index is 1210. The molecular weight excluding hydrogens is 351 g/mol. The summed E-state index contributed by atoms with van der Waals surface area (Å²) < 4.78 is 20.1. The number of aryl methyl sites for hydroxylation is 1. The second-order valence-corrected chi connectivity index (χ2v) is 6.04. The van der Waals surface area contributed by atoms with Gasteiger partial charge in [-0.25, -0.2) is 9.18 Å². The quantitative estimate of drug-likeness (QED) is 0.591. The minimum absolute atomic E-state index is 0.0719. The molecule has 1 N–H and O–H groups in total. The van der Waals surface area contributed by atoms with Crippen molar-refractivity contribution in [3.8, 4) is 11.3 Å². The van der Waals surface area contributed by atoms with Crippen LogP contribution in [0.25, 0.3) is 22.2 Å². The van der Waals surface area contributed by atoms with E-state index in [2.05, 4.69) is 5.16 Å². The Kier molecular flexibility index (Phi) is 3.84. The van der Waals surface area contributed by atoms with E-state index in [1.165, 1.54) is 34.9 Å². The summed E-state index contributed by atoms with van der Waals surface area (Å²) in [6.45, 7) is 1.59. The number of carbonyl (C=O) groups excluding carboxylic acids is 1. The molecule has 0 saturated heterocycles. The Morgan fingerprint density at radius 3 is 2.70 bits per heavy atom. The van der Waals surface area contributed by atoms with Crippen molar-refractivity contribution in [2.75, 3.05) is 0 Å². The number of aromatic nitrogens is 2. The van der Waals surface area contributed by atoms with Crippen molar-refractivity contribution in [3.05, 3.63) is 77.4 Å². The largest absolute Gasteiger partial charge is 0.478 e. The molecule has 0 radical (unpaired) electrons.